The molecule has 26 heavy (non-hydrogen) atoms. The first-order valence-electron chi connectivity index (χ1n) is 8.87. The van der Waals surface area contributed by atoms with Gasteiger partial charge in [-0.2, -0.15) is 15.4 Å². The summed E-state index contributed by atoms with van der Waals surface area (Å²) in [6.45, 7) is 5.93. The van der Waals surface area contributed by atoms with Gasteiger partial charge in [-0.05, 0) is 42.7 Å². The number of benzene rings is 1. The zero-order chi connectivity index (χ0) is 18.3. The van der Waals surface area contributed by atoms with Crippen molar-refractivity contribution in [1.82, 2.24) is 9.58 Å². The number of aliphatic hydroxyl groups excluding tert-OH is 1. The molecular formula is C20H24N3O3+. The van der Waals surface area contributed by atoms with E-state index in [0.717, 1.165) is 28.1 Å². The van der Waals surface area contributed by atoms with Crippen LogP contribution in [0.4, 0.5) is 5.82 Å². The Kier molecular flexibility index (Phi) is 4.28. The highest BCUT2D eigenvalue weighted by Gasteiger charge is 2.39. The maximum atomic E-state index is 10.2. The van der Waals surface area contributed by atoms with E-state index in [0.29, 0.717) is 25.6 Å². The van der Waals surface area contributed by atoms with Crippen molar-refractivity contribution in [2.24, 2.45) is 5.84 Å². The quantitative estimate of drug-likeness (QED) is 0.638. The van der Waals surface area contributed by atoms with Crippen LogP contribution in [-0.4, -0.2) is 42.2 Å². The lowest BCUT2D eigenvalue weighted by atomic mass is 9.93. The van der Waals surface area contributed by atoms with Gasteiger partial charge in [0.25, 0.3) is 5.82 Å². The van der Waals surface area contributed by atoms with Crippen molar-refractivity contribution in [3.63, 3.8) is 0 Å². The van der Waals surface area contributed by atoms with Crippen LogP contribution in [0.25, 0.3) is 5.57 Å². The molecule has 1 fully saturated rings. The summed E-state index contributed by atoms with van der Waals surface area (Å²) in [6, 6.07) is 12.1. The van der Waals surface area contributed by atoms with Crippen molar-refractivity contribution >= 4 is 11.4 Å². The average Bonchev–Trinajstić information content (AvgIpc) is 2.63. The van der Waals surface area contributed by atoms with Gasteiger partial charge >= 0.3 is 0 Å². The van der Waals surface area contributed by atoms with E-state index in [1.807, 2.05) is 30.3 Å². The zero-order valence-corrected chi connectivity index (χ0v) is 15.1. The maximum Gasteiger partial charge on any atom is 0.250 e. The van der Waals surface area contributed by atoms with Gasteiger partial charge in [0.15, 0.2) is 0 Å². The molecule has 136 valence electrons. The smallest absolute Gasteiger partial charge is 0.250 e. The number of aromatic nitrogens is 1. The minimum Gasteiger partial charge on any atom is -0.444 e. The maximum absolute atomic E-state index is 10.2. The second-order valence-electron chi connectivity index (χ2n) is 7.00. The molecular weight excluding hydrogens is 330 g/mol. The van der Waals surface area contributed by atoms with Crippen molar-refractivity contribution in [2.75, 3.05) is 19.8 Å². The average molecular weight is 354 g/mol. The standard InChI is InChI=1S/C20H24N3O3/c1-13-5-3-4-6-15(13)17-11-19(24)26-20-16(17)7-8-18(22-20)23(21)9-10-25-12-14(23)2/h3-8,11,14,19,24H,9-10,12,21H2,1-2H3/q+1. The molecule has 1 saturated heterocycles. The molecule has 2 aliphatic heterocycles. The first-order chi connectivity index (χ1) is 12.5. The highest BCUT2D eigenvalue weighted by Crippen LogP contribution is 2.38. The first kappa shape index (κ1) is 17.2. The molecule has 0 amide bonds. The number of hydrogen-bond acceptors (Lipinski definition) is 5. The van der Waals surface area contributed by atoms with Gasteiger partial charge in [0.2, 0.25) is 12.2 Å². The fourth-order valence-electron chi connectivity index (χ4n) is 3.61. The van der Waals surface area contributed by atoms with Crippen LogP contribution in [0.1, 0.15) is 23.6 Å². The van der Waals surface area contributed by atoms with Crippen LogP contribution in [0.3, 0.4) is 0 Å². The van der Waals surface area contributed by atoms with E-state index in [4.69, 9.17) is 15.3 Å². The van der Waals surface area contributed by atoms with E-state index in [9.17, 15) is 5.11 Å². The van der Waals surface area contributed by atoms with Crippen LogP contribution in [0.15, 0.2) is 42.5 Å². The third kappa shape index (κ3) is 2.81. The van der Waals surface area contributed by atoms with Gasteiger partial charge in [0.1, 0.15) is 19.2 Å². The Morgan fingerprint density at radius 2 is 2.00 bits per heavy atom. The van der Waals surface area contributed by atoms with Gasteiger partial charge in [-0.15, -0.1) is 0 Å². The monoisotopic (exact) mass is 354 g/mol. The largest absolute Gasteiger partial charge is 0.444 e. The molecule has 0 radical (unpaired) electrons. The molecule has 3 unspecified atom stereocenters. The van der Waals surface area contributed by atoms with Crippen molar-refractivity contribution in [3.05, 3.63) is 59.2 Å². The van der Waals surface area contributed by atoms with Gasteiger partial charge in [0, 0.05) is 11.6 Å². The molecule has 3 N–H and O–H groups in total. The van der Waals surface area contributed by atoms with E-state index in [1.54, 1.807) is 6.08 Å². The minimum absolute atomic E-state index is 0.0918. The summed E-state index contributed by atoms with van der Waals surface area (Å²) in [4.78, 5) is 4.68. The Hall–Kier alpha value is -2.25. The molecule has 0 saturated carbocycles. The predicted octanol–water partition coefficient (Wildman–Crippen LogP) is 2.13. The van der Waals surface area contributed by atoms with Gasteiger partial charge in [0.05, 0.1) is 6.61 Å². The summed E-state index contributed by atoms with van der Waals surface area (Å²) in [7, 11) is 0. The fourth-order valence-corrected chi connectivity index (χ4v) is 3.61. The van der Waals surface area contributed by atoms with Crippen molar-refractivity contribution < 1.29 is 14.6 Å². The Morgan fingerprint density at radius 1 is 1.19 bits per heavy atom. The summed E-state index contributed by atoms with van der Waals surface area (Å²) in [5.41, 5.74) is 3.98. The Labute approximate surface area is 153 Å². The van der Waals surface area contributed by atoms with Crippen LogP contribution >= 0.6 is 0 Å². The number of ether oxygens (including phenoxy) is 2. The number of fused-ring (bicyclic) bond motifs is 1. The number of aliphatic hydroxyl groups is 1. The Balaban J connectivity index is 1.78. The third-order valence-electron chi connectivity index (χ3n) is 5.29. The number of nitrogens with two attached hydrogens (primary N) is 1. The number of rotatable bonds is 2. The summed E-state index contributed by atoms with van der Waals surface area (Å²) >= 11 is 0. The molecule has 1 aromatic heterocycles. The van der Waals surface area contributed by atoms with Crippen LogP contribution in [-0.2, 0) is 4.74 Å². The molecule has 3 atom stereocenters. The lowest BCUT2D eigenvalue weighted by Crippen LogP contribution is -2.67. The van der Waals surface area contributed by atoms with Gasteiger partial charge in [-0.3, -0.25) is 0 Å². The second-order valence-corrected chi connectivity index (χ2v) is 7.00. The number of morpholine rings is 1. The van der Waals surface area contributed by atoms with Crippen molar-refractivity contribution in [3.8, 4) is 5.88 Å². The first-order valence-corrected chi connectivity index (χ1v) is 8.87. The number of pyridine rings is 1. The SMILES string of the molecule is Cc1ccccc1C1=CC(O)Oc2nc([N+]3(N)CCOCC3C)ccc21. The van der Waals surface area contributed by atoms with Gasteiger partial charge in [-0.1, -0.05) is 24.3 Å². The van der Waals surface area contributed by atoms with E-state index < -0.39 is 6.29 Å². The van der Waals surface area contributed by atoms with Gasteiger partial charge in [-0.25, -0.2) is 0 Å². The van der Waals surface area contributed by atoms with Crippen LogP contribution in [0.2, 0.25) is 0 Å². The number of aryl methyl sites for hydroxylation is 1. The molecule has 1 aromatic carbocycles. The summed E-state index contributed by atoms with van der Waals surface area (Å²) in [6.07, 6.45) is 0.684. The van der Waals surface area contributed by atoms with E-state index in [2.05, 4.69) is 24.9 Å². The lowest BCUT2D eigenvalue weighted by Gasteiger charge is -2.39. The molecule has 2 aromatic rings. The topological polar surface area (TPSA) is 77.6 Å². The molecule has 3 heterocycles. The highest BCUT2D eigenvalue weighted by molar-refractivity contribution is 5.85. The lowest BCUT2D eigenvalue weighted by molar-refractivity contribution is -0.000934. The van der Waals surface area contributed by atoms with Crippen LogP contribution in [0, 0.1) is 6.92 Å². The fraction of sp³-hybridized carbons (Fsp3) is 0.350. The molecule has 4 rings (SSSR count). The minimum atomic E-state index is -1.03. The normalized spacial score (nSPS) is 28.1. The molecule has 2 aliphatic rings. The summed E-state index contributed by atoms with van der Waals surface area (Å²) < 4.78 is 11.3. The van der Waals surface area contributed by atoms with Crippen LogP contribution in [0.5, 0.6) is 5.88 Å². The number of quaternary nitrogens is 1. The van der Waals surface area contributed by atoms with Gasteiger partial charge < -0.3 is 14.6 Å². The molecule has 6 nitrogen and oxygen atoms in total. The molecule has 0 aliphatic carbocycles. The Bertz CT molecular complexity index is 867. The van der Waals surface area contributed by atoms with Crippen molar-refractivity contribution in [2.45, 2.75) is 26.2 Å². The summed E-state index contributed by atoms with van der Waals surface area (Å²) in [5.74, 6) is 7.76. The van der Waals surface area contributed by atoms with E-state index in [-0.39, 0.29) is 10.6 Å². The number of hydrogen-bond donors (Lipinski definition) is 2. The second kappa shape index (κ2) is 6.48. The predicted molar refractivity (Wildman–Crippen MR) is 100 cm³/mol. The molecule has 6 heteroatoms. The zero-order valence-electron chi connectivity index (χ0n) is 15.1. The highest BCUT2D eigenvalue weighted by atomic mass is 16.6. The number of nitrogens with zero attached hydrogens (tertiary/aromatic N) is 2. The Morgan fingerprint density at radius 3 is 2.77 bits per heavy atom. The van der Waals surface area contributed by atoms with Crippen LogP contribution < -0.4 is 15.2 Å². The van der Waals surface area contributed by atoms with E-state index in [1.165, 1.54) is 0 Å². The van der Waals surface area contributed by atoms with E-state index >= 15 is 0 Å². The summed E-state index contributed by atoms with van der Waals surface area (Å²) in [5, 5.41) is 10.2. The molecule has 0 bridgehead atoms. The van der Waals surface area contributed by atoms with Crippen molar-refractivity contribution in [1.29, 1.82) is 0 Å². The molecule has 0 spiro atoms. The third-order valence-corrected chi connectivity index (χ3v) is 5.29.